The number of nitrogens with two attached hydrogens (primary N) is 1. The van der Waals surface area contributed by atoms with Crippen molar-refractivity contribution in [2.24, 2.45) is 11.7 Å². The average Bonchev–Trinajstić information content (AvgIpc) is 2.64. The quantitative estimate of drug-likeness (QED) is 0.640. The molecule has 1 unspecified atom stereocenters. The van der Waals surface area contributed by atoms with Gasteiger partial charge in [-0.1, -0.05) is 0 Å². The summed E-state index contributed by atoms with van der Waals surface area (Å²) >= 11 is 0. The van der Waals surface area contributed by atoms with E-state index < -0.39 is 15.6 Å². The zero-order valence-electron chi connectivity index (χ0n) is 7.50. The van der Waals surface area contributed by atoms with Crippen LogP contribution in [0.3, 0.4) is 0 Å². The predicted molar refractivity (Wildman–Crippen MR) is 48.2 cm³/mol. The monoisotopic (exact) mass is 192 g/mol. The lowest BCUT2D eigenvalue weighted by atomic mass is 9.98. The second-order valence-electron chi connectivity index (χ2n) is 3.77. The number of rotatable bonds is 4. The number of nitrogens with one attached hydrogen (secondary N) is 1. The molecular formula is C7H16N2O2S. The van der Waals surface area contributed by atoms with Crippen LogP contribution in [0.4, 0.5) is 0 Å². The molecule has 0 aromatic heterocycles. The maximum atomic E-state index is 11.0. The van der Waals surface area contributed by atoms with E-state index in [0.29, 0.717) is 12.5 Å². The Morgan fingerprint density at radius 3 is 2.33 bits per heavy atom. The van der Waals surface area contributed by atoms with Crippen LogP contribution in [0.1, 0.15) is 19.8 Å². The molecule has 12 heavy (non-hydrogen) atoms. The first-order valence-corrected chi connectivity index (χ1v) is 5.95. The van der Waals surface area contributed by atoms with Gasteiger partial charge < -0.3 is 5.73 Å². The van der Waals surface area contributed by atoms with Crippen LogP contribution in [-0.2, 0) is 10.0 Å². The molecule has 1 fully saturated rings. The van der Waals surface area contributed by atoms with Crippen LogP contribution in [-0.4, -0.2) is 26.8 Å². The van der Waals surface area contributed by atoms with Crippen molar-refractivity contribution in [1.29, 1.82) is 0 Å². The van der Waals surface area contributed by atoms with E-state index in [0.717, 1.165) is 12.8 Å². The predicted octanol–water partition coefficient (Wildman–Crippen LogP) is -0.337. The van der Waals surface area contributed by atoms with Gasteiger partial charge >= 0.3 is 0 Å². The zero-order valence-corrected chi connectivity index (χ0v) is 8.32. The van der Waals surface area contributed by atoms with Gasteiger partial charge in [-0.05, 0) is 25.7 Å². The summed E-state index contributed by atoms with van der Waals surface area (Å²) in [6.45, 7) is 2.23. The van der Waals surface area contributed by atoms with Crippen molar-refractivity contribution in [3.8, 4) is 0 Å². The average molecular weight is 192 g/mol. The zero-order chi connectivity index (χ0) is 9.41. The van der Waals surface area contributed by atoms with Crippen molar-refractivity contribution in [2.45, 2.75) is 25.3 Å². The van der Waals surface area contributed by atoms with Crippen LogP contribution in [0.25, 0.3) is 0 Å². The number of hydrogen-bond donors (Lipinski definition) is 2. The van der Waals surface area contributed by atoms with Gasteiger partial charge in [-0.15, -0.1) is 0 Å². The first-order chi connectivity index (χ1) is 5.37. The van der Waals surface area contributed by atoms with Crippen molar-refractivity contribution < 1.29 is 8.42 Å². The Kier molecular flexibility index (Phi) is 2.47. The van der Waals surface area contributed by atoms with Gasteiger partial charge in [0.1, 0.15) is 0 Å². The molecular weight excluding hydrogens is 176 g/mol. The highest BCUT2D eigenvalue weighted by atomic mass is 32.2. The summed E-state index contributed by atoms with van der Waals surface area (Å²) in [5.41, 5.74) is 5.11. The molecule has 1 aliphatic carbocycles. The molecule has 0 aromatic rings. The highest BCUT2D eigenvalue weighted by molar-refractivity contribution is 7.88. The molecule has 1 saturated carbocycles. The first kappa shape index (κ1) is 9.95. The van der Waals surface area contributed by atoms with E-state index in [2.05, 4.69) is 4.72 Å². The maximum Gasteiger partial charge on any atom is 0.209 e. The highest BCUT2D eigenvalue weighted by Gasteiger charge is 2.42. The maximum absolute atomic E-state index is 11.0. The minimum Gasteiger partial charge on any atom is -0.329 e. The highest BCUT2D eigenvalue weighted by Crippen LogP contribution is 2.39. The lowest BCUT2D eigenvalue weighted by Crippen LogP contribution is -2.52. The van der Waals surface area contributed by atoms with E-state index in [1.54, 1.807) is 0 Å². The van der Waals surface area contributed by atoms with Gasteiger partial charge in [0.25, 0.3) is 0 Å². The molecule has 1 rings (SSSR count). The van der Waals surface area contributed by atoms with Gasteiger partial charge in [-0.2, -0.15) is 0 Å². The summed E-state index contributed by atoms with van der Waals surface area (Å²) in [4.78, 5) is 0. The molecule has 0 aliphatic heterocycles. The third kappa shape index (κ3) is 2.43. The van der Waals surface area contributed by atoms with Gasteiger partial charge in [0.2, 0.25) is 10.0 Å². The van der Waals surface area contributed by atoms with Gasteiger partial charge in [0.05, 0.1) is 6.26 Å². The third-order valence-corrected chi connectivity index (χ3v) is 3.16. The summed E-state index contributed by atoms with van der Waals surface area (Å²) in [5.74, 6) is 0.428. The second-order valence-corrected chi connectivity index (χ2v) is 5.52. The topological polar surface area (TPSA) is 72.2 Å². The normalized spacial score (nSPS) is 23.6. The Morgan fingerprint density at radius 1 is 1.58 bits per heavy atom. The van der Waals surface area contributed by atoms with E-state index in [1.165, 1.54) is 6.26 Å². The Hall–Kier alpha value is -0.130. The van der Waals surface area contributed by atoms with Crippen LogP contribution in [0.15, 0.2) is 0 Å². The van der Waals surface area contributed by atoms with Crippen LogP contribution in [0.2, 0.25) is 0 Å². The van der Waals surface area contributed by atoms with E-state index in [1.807, 2.05) is 6.92 Å². The van der Waals surface area contributed by atoms with Crippen molar-refractivity contribution >= 4 is 10.0 Å². The molecule has 0 heterocycles. The fourth-order valence-corrected chi connectivity index (χ4v) is 2.53. The molecule has 5 heteroatoms. The van der Waals surface area contributed by atoms with Crippen molar-refractivity contribution in [3.05, 3.63) is 0 Å². The number of hydrogen-bond acceptors (Lipinski definition) is 3. The van der Waals surface area contributed by atoms with E-state index >= 15 is 0 Å². The lowest BCUT2D eigenvalue weighted by molar-refractivity contribution is 0.375. The molecule has 1 atom stereocenters. The third-order valence-electron chi connectivity index (χ3n) is 2.32. The lowest BCUT2D eigenvalue weighted by Gasteiger charge is -2.27. The van der Waals surface area contributed by atoms with E-state index in [9.17, 15) is 8.42 Å². The minimum atomic E-state index is -3.13. The summed E-state index contributed by atoms with van der Waals surface area (Å²) < 4.78 is 24.5. The fraction of sp³-hybridized carbons (Fsp3) is 1.00. The van der Waals surface area contributed by atoms with Crippen LogP contribution in [0, 0.1) is 5.92 Å². The van der Waals surface area contributed by atoms with Crippen LogP contribution < -0.4 is 10.5 Å². The molecule has 1 aliphatic rings. The standard InChI is InChI=1S/C7H16N2O2S/c1-7(5-8,6-3-4-6)9-12(2,10)11/h6,9H,3-5,8H2,1-2H3. The molecule has 4 nitrogen and oxygen atoms in total. The van der Waals surface area contributed by atoms with E-state index in [-0.39, 0.29) is 0 Å². The molecule has 0 spiro atoms. The second kappa shape index (κ2) is 2.97. The Morgan fingerprint density at radius 2 is 2.08 bits per heavy atom. The van der Waals surface area contributed by atoms with Gasteiger partial charge in [-0.3, -0.25) is 0 Å². The summed E-state index contributed by atoms with van der Waals surface area (Å²) in [6, 6.07) is 0. The largest absolute Gasteiger partial charge is 0.329 e. The summed E-state index contributed by atoms with van der Waals surface area (Å²) in [7, 11) is -3.13. The van der Waals surface area contributed by atoms with Crippen molar-refractivity contribution in [1.82, 2.24) is 4.72 Å². The summed E-state index contributed by atoms with van der Waals surface area (Å²) in [6.07, 6.45) is 3.33. The Balaban J connectivity index is 2.67. The van der Waals surface area contributed by atoms with E-state index in [4.69, 9.17) is 5.73 Å². The van der Waals surface area contributed by atoms with Gasteiger partial charge in [0.15, 0.2) is 0 Å². The van der Waals surface area contributed by atoms with Gasteiger partial charge in [-0.25, -0.2) is 13.1 Å². The van der Waals surface area contributed by atoms with Crippen LogP contribution >= 0.6 is 0 Å². The molecule has 0 saturated heterocycles. The molecule has 3 N–H and O–H groups in total. The molecule has 72 valence electrons. The molecule has 0 bridgehead atoms. The number of sulfonamides is 1. The molecule has 0 aromatic carbocycles. The molecule has 0 amide bonds. The smallest absolute Gasteiger partial charge is 0.209 e. The van der Waals surface area contributed by atoms with Crippen LogP contribution in [0.5, 0.6) is 0 Å². The fourth-order valence-electron chi connectivity index (χ4n) is 1.44. The molecule has 0 radical (unpaired) electrons. The minimum absolute atomic E-state index is 0.366. The van der Waals surface area contributed by atoms with Crippen molar-refractivity contribution in [2.75, 3.05) is 12.8 Å². The Labute approximate surface area is 73.6 Å². The Bertz CT molecular complexity index is 259. The van der Waals surface area contributed by atoms with Crippen molar-refractivity contribution in [3.63, 3.8) is 0 Å². The SMILES string of the molecule is CC(CN)(NS(C)(=O)=O)C1CC1. The summed E-state index contributed by atoms with van der Waals surface area (Å²) in [5, 5.41) is 0. The first-order valence-electron chi connectivity index (χ1n) is 4.06. The van der Waals surface area contributed by atoms with Gasteiger partial charge in [0, 0.05) is 12.1 Å².